The predicted octanol–water partition coefficient (Wildman–Crippen LogP) is 4.44. The Morgan fingerprint density at radius 3 is 2.07 bits per heavy atom. The third-order valence-electron chi connectivity index (χ3n) is 4.96. The lowest BCUT2D eigenvalue weighted by atomic mass is 9.85. The Morgan fingerprint density at radius 2 is 1.54 bits per heavy atom. The monoisotopic (exact) mass is 399 g/mol. The lowest BCUT2D eigenvalue weighted by molar-refractivity contribution is 0.503. The molecule has 0 saturated carbocycles. The molecule has 3 rings (SSSR count). The molecule has 0 fully saturated rings. The van der Waals surface area contributed by atoms with Gasteiger partial charge in [-0.05, 0) is 35.6 Å². The highest BCUT2D eigenvalue weighted by atomic mass is 32.2. The number of aromatic nitrogens is 1. The van der Waals surface area contributed by atoms with E-state index in [4.69, 9.17) is 4.42 Å². The summed E-state index contributed by atoms with van der Waals surface area (Å²) in [5.41, 5.74) is 3.34. The van der Waals surface area contributed by atoms with Gasteiger partial charge in [-0.1, -0.05) is 69.7 Å². The number of oxazole rings is 1. The fourth-order valence-electron chi connectivity index (χ4n) is 3.08. The molecule has 1 heterocycles. The van der Waals surface area contributed by atoms with Crippen molar-refractivity contribution in [3.63, 3.8) is 0 Å². The molecule has 0 saturated heterocycles. The lowest BCUT2D eigenvalue weighted by Gasteiger charge is -2.20. The van der Waals surface area contributed by atoms with Crippen molar-refractivity contribution in [2.24, 2.45) is 0 Å². The molecule has 0 amide bonds. The Balaban J connectivity index is 2.05. The van der Waals surface area contributed by atoms with E-state index in [1.54, 1.807) is 12.1 Å². The van der Waals surface area contributed by atoms with E-state index < -0.39 is 15.8 Å². The molecule has 5 nitrogen and oxygen atoms in total. The van der Waals surface area contributed by atoms with Gasteiger partial charge in [-0.3, -0.25) is 0 Å². The van der Waals surface area contributed by atoms with Crippen LogP contribution in [0.15, 0.2) is 68.9 Å². The highest BCUT2D eigenvalue weighted by molar-refractivity contribution is 7.90. The highest BCUT2D eigenvalue weighted by Crippen LogP contribution is 2.29. The Kier molecular flexibility index (Phi) is 5.10. The first-order valence-electron chi connectivity index (χ1n) is 9.15. The first-order valence-corrected chi connectivity index (χ1v) is 10.6. The Morgan fingerprint density at radius 1 is 0.964 bits per heavy atom. The molecule has 1 aromatic heterocycles. The minimum Gasteiger partial charge on any atom is -0.415 e. The van der Waals surface area contributed by atoms with Gasteiger partial charge in [0, 0.05) is 5.92 Å². The summed E-state index contributed by atoms with van der Waals surface area (Å²) in [6, 6.07) is 14.4. The van der Waals surface area contributed by atoms with Gasteiger partial charge in [0.15, 0.2) is 0 Å². The molecule has 0 radical (unpaired) electrons. The quantitative estimate of drug-likeness (QED) is 0.650. The molecule has 148 valence electrons. The molecule has 0 N–H and O–H groups in total. The van der Waals surface area contributed by atoms with Crippen LogP contribution in [0.5, 0.6) is 0 Å². The summed E-state index contributed by atoms with van der Waals surface area (Å²) in [4.78, 5) is 12.3. The van der Waals surface area contributed by atoms with Gasteiger partial charge in [0.05, 0.1) is 10.6 Å². The van der Waals surface area contributed by atoms with Crippen LogP contribution in [-0.2, 0) is 15.4 Å². The second kappa shape index (κ2) is 7.09. The van der Waals surface area contributed by atoms with Crippen molar-refractivity contribution in [2.75, 3.05) is 0 Å². The fourth-order valence-corrected chi connectivity index (χ4v) is 4.49. The summed E-state index contributed by atoms with van der Waals surface area (Å²) < 4.78 is 31.9. The second-order valence-corrected chi connectivity index (χ2v) is 9.89. The largest absolute Gasteiger partial charge is 0.433 e. The summed E-state index contributed by atoms with van der Waals surface area (Å²) in [5.74, 6) is -1.24. The topological polar surface area (TPSA) is 69.3 Å². The van der Waals surface area contributed by atoms with Crippen LogP contribution < -0.4 is 5.76 Å². The van der Waals surface area contributed by atoms with Gasteiger partial charge in [0.25, 0.3) is 10.0 Å². The van der Waals surface area contributed by atoms with Crippen LogP contribution in [-0.4, -0.2) is 12.4 Å². The maximum Gasteiger partial charge on any atom is 0.433 e. The molecule has 1 atom stereocenters. The van der Waals surface area contributed by atoms with Crippen LogP contribution in [0.4, 0.5) is 0 Å². The zero-order valence-corrected chi connectivity index (χ0v) is 17.6. The first-order chi connectivity index (χ1) is 13.0. The summed E-state index contributed by atoms with van der Waals surface area (Å²) in [7, 11) is -4.05. The lowest BCUT2D eigenvalue weighted by Crippen LogP contribution is -2.26. The standard InChI is InChI=1S/C22H25NO4S/c1-15-6-12-19(13-7-15)28(25,26)23-20(14-27-21(23)24)16(2)17-8-10-18(11-9-17)22(3,4)5/h6-14,16H,1-5H3. The van der Waals surface area contributed by atoms with E-state index in [2.05, 4.69) is 20.8 Å². The van der Waals surface area contributed by atoms with E-state index in [-0.39, 0.29) is 16.2 Å². The van der Waals surface area contributed by atoms with E-state index >= 15 is 0 Å². The molecule has 0 aliphatic rings. The van der Waals surface area contributed by atoms with Gasteiger partial charge in [-0.15, -0.1) is 0 Å². The fraction of sp³-hybridized carbons (Fsp3) is 0.318. The van der Waals surface area contributed by atoms with E-state index in [0.717, 1.165) is 15.1 Å². The zero-order valence-electron chi connectivity index (χ0n) is 16.8. The smallest absolute Gasteiger partial charge is 0.415 e. The van der Waals surface area contributed by atoms with E-state index in [9.17, 15) is 13.2 Å². The van der Waals surface area contributed by atoms with Crippen LogP contribution in [0.25, 0.3) is 0 Å². The molecular weight excluding hydrogens is 374 g/mol. The van der Waals surface area contributed by atoms with Crippen molar-refractivity contribution in [1.29, 1.82) is 0 Å². The third-order valence-corrected chi connectivity index (χ3v) is 6.67. The number of aryl methyl sites for hydroxylation is 1. The van der Waals surface area contributed by atoms with Crippen LogP contribution in [0.2, 0.25) is 0 Å². The number of hydrogen-bond acceptors (Lipinski definition) is 4. The maximum atomic E-state index is 13.1. The van der Waals surface area contributed by atoms with Crippen molar-refractivity contribution in [2.45, 2.75) is 50.8 Å². The first kappa shape index (κ1) is 20.1. The molecule has 28 heavy (non-hydrogen) atoms. The molecule has 6 heteroatoms. The van der Waals surface area contributed by atoms with Crippen molar-refractivity contribution in [1.82, 2.24) is 3.97 Å². The van der Waals surface area contributed by atoms with Crippen LogP contribution in [0, 0.1) is 6.92 Å². The van der Waals surface area contributed by atoms with Gasteiger partial charge in [0.1, 0.15) is 6.26 Å². The van der Waals surface area contributed by atoms with E-state index in [0.29, 0.717) is 5.69 Å². The van der Waals surface area contributed by atoms with Gasteiger partial charge in [0.2, 0.25) is 0 Å². The number of nitrogens with zero attached hydrogens (tertiary/aromatic N) is 1. The zero-order chi connectivity index (χ0) is 20.7. The van der Waals surface area contributed by atoms with Crippen LogP contribution in [0.1, 0.15) is 56.0 Å². The van der Waals surface area contributed by atoms with Gasteiger partial charge >= 0.3 is 5.76 Å². The molecule has 0 aliphatic carbocycles. The average molecular weight is 400 g/mol. The Labute approximate surface area is 165 Å². The van der Waals surface area contributed by atoms with Gasteiger partial charge in [-0.2, -0.15) is 3.97 Å². The van der Waals surface area contributed by atoms with Gasteiger partial charge in [-0.25, -0.2) is 13.2 Å². The molecule has 3 aromatic rings. The Hall–Kier alpha value is -2.60. The van der Waals surface area contributed by atoms with E-state index in [1.165, 1.54) is 24.0 Å². The molecule has 0 spiro atoms. The third kappa shape index (κ3) is 3.69. The second-order valence-electron chi connectivity index (χ2n) is 8.10. The molecule has 2 aromatic carbocycles. The van der Waals surface area contributed by atoms with Crippen LogP contribution >= 0.6 is 0 Å². The summed E-state index contributed by atoms with van der Waals surface area (Å²) in [6.07, 6.45) is 1.23. The van der Waals surface area contributed by atoms with Crippen molar-refractivity contribution >= 4 is 10.0 Å². The van der Waals surface area contributed by atoms with Crippen molar-refractivity contribution in [3.05, 3.63) is 87.7 Å². The van der Waals surface area contributed by atoms with Crippen molar-refractivity contribution < 1.29 is 12.8 Å². The van der Waals surface area contributed by atoms with Crippen molar-refractivity contribution in [3.8, 4) is 0 Å². The average Bonchev–Trinajstić information content (AvgIpc) is 3.03. The molecule has 0 aliphatic heterocycles. The summed E-state index contributed by atoms with van der Waals surface area (Å²) in [6.45, 7) is 10.1. The molecular formula is C22H25NO4S. The normalized spacial score (nSPS) is 13.5. The number of rotatable bonds is 4. The van der Waals surface area contributed by atoms with Gasteiger partial charge < -0.3 is 4.42 Å². The summed E-state index contributed by atoms with van der Waals surface area (Å²) >= 11 is 0. The number of benzene rings is 2. The molecule has 0 bridgehead atoms. The molecule has 1 unspecified atom stereocenters. The van der Waals surface area contributed by atoms with Crippen LogP contribution in [0.3, 0.4) is 0 Å². The Bertz CT molecular complexity index is 1130. The number of hydrogen-bond donors (Lipinski definition) is 0. The van der Waals surface area contributed by atoms with E-state index in [1.807, 2.05) is 38.1 Å². The minimum atomic E-state index is -4.05. The SMILES string of the molecule is Cc1ccc(S(=O)(=O)n2c(C(C)c3ccc(C(C)(C)C)cc3)coc2=O)cc1. The highest BCUT2D eigenvalue weighted by Gasteiger charge is 2.27. The minimum absolute atomic E-state index is 0.0221. The predicted molar refractivity (Wildman–Crippen MR) is 109 cm³/mol. The maximum absolute atomic E-state index is 13.1. The summed E-state index contributed by atoms with van der Waals surface area (Å²) in [5, 5.41) is 0.